The van der Waals surface area contributed by atoms with E-state index in [1.807, 2.05) is 18.2 Å². The van der Waals surface area contributed by atoms with Crippen LogP contribution in [0.25, 0.3) is 0 Å². The number of ketones is 1. The van der Waals surface area contributed by atoms with Crippen molar-refractivity contribution in [1.82, 2.24) is 5.32 Å². The first-order valence-corrected chi connectivity index (χ1v) is 5.92. The third-order valence-corrected chi connectivity index (χ3v) is 2.81. The fourth-order valence-corrected chi connectivity index (χ4v) is 1.99. The van der Waals surface area contributed by atoms with Gasteiger partial charge in [-0.15, -0.1) is 6.58 Å². The third kappa shape index (κ3) is 2.74. The Morgan fingerprint density at radius 2 is 2.41 bits per heavy atom. The number of ether oxygens (including phenoxy) is 1. The molecule has 1 N–H and O–H groups in total. The molecule has 0 aromatic heterocycles. The predicted molar refractivity (Wildman–Crippen MR) is 67.7 cm³/mol. The molecule has 0 saturated heterocycles. The molecule has 3 heteroatoms. The summed E-state index contributed by atoms with van der Waals surface area (Å²) in [4.78, 5) is 12.0. The van der Waals surface area contributed by atoms with Gasteiger partial charge in [0.2, 0.25) is 0 Å². The summed E-state index contributed by atoms with van der Waals surface area (Å²) in [5.74, 6) is 0.856. The van der Waals surface area contributed by atoms with Gasteiger partial charge >= 0.3 is 0 Å². The highest BCUT2D eigenvalue weighted by molar-refractivity contribution is 6.00. The molecule has 1 aliphatic heterocycles. The molecule has 1 heterocycles. The van der Waals surface area contributed by atoms with Crippen molar-refractivity contribution >= 4 is 5.78 Å². The van der Waals surface area contributed by atoms with E-state index < -0.39 is 0 Å². The number of nitrogens with one attached hydrogen (secondary N) is 1. The fraction of sp³-hybridized carbons (Fsp3) is 0.357. The van der Waals surface area contributed by atoms with Crippen molar-refractivity contribution in [3.05, 3.63) is 42.0 Å². The summed E-state index contributed by atoms with van der Waals surface area (Å²) in [6.45, 7) is 5.27. The molecule has 90 valence electrons. The molecule has 2 rings (SSSR count). The Balaban J connectivity index is 2.14. The Morgan fingerprint density at radius 3 is 3.24 bits per heavy atom. The Hall–Kier alpha value is -1.61. The fourth-order valence-electron chi connectivity index (χ4n) is 1.99. The average molecular weight is 231 g/mol. The van der Waals surface area contributed by atoms with Crippen molar-refractivity contribution in [3.63, 3.8) is 0 Å². The van der Waals surface area contributed by atoms with Crippen molar-refractivity contribution < 1.29 is 9.53 Å². The standard InChI is InChI=1S/C14H17NO2/c1-2-8-15-10-13(16)12-7-3-5-11-6-4-9-17-14(11)12/h2-3,5,7,15H,1,4,6,8-10H2. The van der Waals surface area contributed by atoms with E-state index >= 15 is 0 Å². The van der Waals surface area contributed by atoms with Gasteiger partial charge in [-0.05, 0) is 24.5 Å². The van der Waals surface area contributed by atoms with Crippen LogP contribution in [0.2, 0.25) is 0 Å². The van der Waals surface area contributed by atoms with Gasteiger partial charge in [-0.1, -0.05) is 18.2 Å². The van der Waals surface area contributed by atoms with Crippen LogP contribution in [0, 0.1) is 0 Å². The Labute approximate surface area is 101 Å². The van der Waals surface area contributed by atoms with Crippen LogP contribution in [0.15, 0.2) is 30.9 Å². The first-order valence-electron chi connectivity index (χ1n) is 5.92. The van der Waals surface area contributed by atoms with Crippen LogP contribution in [-0.2, 0) is 6.42 Å². The van der Waals surface area contributed by atoms with Crippen molar-refractivity contribution in [3.8, 4) is 5.75 Å². The summed E-state index contributed by atoms with van der Waals surface area (Å²) in [6, 6.07) is 5.79. The highest BCUT2D eigenvalue weighted by atomic mass is 16.5. The maximum atomic E-state index is 12.0. The van der Waals surface area contributed by atoms with Gasteiger partial charge in [0, 0.05) is 6.54 Å². The van der Waals surface area contributed by atoms with E-state index in [4.69, 9.17) is 4.74 Å². The number of hydrogen-bond acceptors (Lipinski definition) is 3. The Bertz CT molecular complexity index is 426. The summed E-state index contributed by atoms with van der Waals surface area (Å²) in [5, 5.41) is 3.02. The average Bonchev–Trinajstić information content (AvgIpc) is 2.38. The van der Waals surface area contributed by atoms with Gasteiger partial charge in [0.05, 0.1) is 18.7 Å². The molecular formula is C14H17NO2. The zero-order valence-electron chi connectivity index (χ0n) is 9.87. The van der Waals surface area contributed by atoms with Crippen molar-refractivity contribution in [1.29, 1.82) is 0 Å². The SMILES string of the molecule is C=CCNCC(=O)c1cccc2c1OCCC2. The lowest BCUT2D eigenvalue weighted by atomic mass is 10.00. The molecule has 0 spiro atoms. The molecule has 0 amide bonds. The van der Waals surface area contributed by atoms with Gasteiger partial charge < -0.3 is 10.1 Å². The van der Waals surface area contributed by atoms with Crippen LogP contribution >= 0.6 is 0 Å². The zero-order valence-corrected chi connectivity index (χ0v) is 9.87. The number of para-hydroxylation sites is 1. The van der Waals surface area contributed by atoms with Gasteiger partial charge in [0.1, 0.15) is 5.75 Å². The summed E-state index contributed by atoms with van der Waals surface area (Å²) < 4.78 is 5.61. The van der Waals surface area contributed by atoms with Gasteiger partial charge in [0.25, 0.3) is 0 Å². The highest BCUT2D eigenvalue weighted by Crippen LogP contribution is 2.28. The molecule has 0 atom stereocenters. The van der Waals surface area contributed by atoms with Crippen LogP contribution in [0.1, 0.15) is 22.3 Å². The first-order chi connectivity index (χ1) is 8.33. The molecule has 0 saturated carbocycles. The van der Waals surface area contributed by atoms with E-state index in [-0.39, 0.29) is 5.78 Å². The lowest BCUT2D eigenvalue weighted by molar-refractivity contribution is 0.0987. The molecule has 0 fully saturated rings. The van der Waals surface area contributed by atoms with E-state index in [1.54, 1.807) is 6.08 Å². The normalized spacial score (nSPS) is 13.6. The number of rotatable bonds is 5. The molecular weight excluding hydrogens is 214 g/mol. The monoisotopic (exact) mass is 231 g/mol. The summed E-state index contributed by atoms with van der Waals surface area (Å²) >= 11 is 0. The van der Waals surface area contributed by atoms with Crippen LogP contribution in [0.5, 0.6) is 5.75 Å². The van der Waals surface area contributed by atoms with Gasteiger partial charge in [-0.3, -0.25) is 4.79 Å². The van der Waals surface area contributed by atoms with E-state index in [0.29, 0.717) is 25.3 Å². The van der Waals surface area contributed by atoms with E-state index in [0.717, 1.165) is 24.2 Å². The molecule has 3 nitrogen and oxygen atoms in total. The molecule has 1 aromatic rings. The number of carbonyl (C=O) groups excluding carboxylic acids is 1. The molecule has 17 heavy (non-hydrogen) atoms. The minimum Gasteiger partial charge on any atom is -0.493 e. The summed E-state index contributed by atoms with van der Waals surface area (Å²) in [7, 11) is 0. The third-order valence-electron chi connectivity index (χ3n) is 2.81. The van der Waals surface area contributed by atoms with Gasteiger partial charge in [-0.2, -0.15) is 0 Å². The molecule has 0 bridgehead atoms. The molecule has 0 aliphatic carbocycles. The van der Waals surface area contributed by atoms with Crippen LogP contribution in [0.3, 0.4) is 0 Å². The van der Waals surface area contributed by atoms with E-state index in [9.17, 15) is 4.79 Å². The van der Waals surface area contributed by atoms with Crippen molar-refractivity contribution in [2.24, 2.45) is 0 Å². The van der Waals surface area contributed by atoms with Crippen LogP contribution < -0.4 is 10.1 Å². The Kier molecular flexibility index (Phi) is 3.94. The maximum Gasteiger partial charge on any atom is 0.180 e. The second kappa shape index (κ2) is 5.64. The highest BCUT2D eigenvalue weighted by Gasteiger charge is 2.18. The topological polar surface area (TPSA) is 38.3 Å². The quantitative estimate of drug-likeness (QED) is 0.478. The van der Waals surface area contributed by atoms with E-state index in [1.165, 1.54) is 0 Å². The minimum atomic E-state index is 0.0746. The second-order valence-electron chi connectivity index (χ2n) is 4.09. The summed E-state index contributed by atoms with van der Waals surface area (Å²) in [5.41, 5.74) is 1.84. The number of hydrogen-bond donors (Lipinski definition) is 1. The molecule has 0 unspecified atom stereocenters. The Morgan fingerprint density at radius 1 is 1.53 bits per heavy atom. The van der Waals surface area contributed by atoms with Gasteiger partial charge in [0.15, 0.2) is 5.78 Å². The second-order valence-corrected chi connectivity index (χ2v) is 4.09. The van der Waals surface area contributed by atoms with Crippen LogP contribution in [0.4, 0.5) is 0 Å². The number of Topliss-reactive ketones (excluding diaryl/α,β-unsaturated/α-hetero) is 1. The van der Waals surface area contributed by atoms with Crippen molar-refractivity contribution in [2.75, 3.05) is 19.7 Å². The number of benzene rings is 1. The van der Waals surface area contributed by atoms with E-state index in [2.05, 4.69) is 11.9 Å². The van der Waals surface area contributed by atoms with Crippen molar-refractivity contribution in [2.45, 2.75) is 12.8 Å². The maximum absolute atomic E-state index is 12.0. The lowest BCUT2D eigenvalue weighted by Gasteiger charge is -2.19. The minimum absolute atomic E-state index is 0.0746. The number of aryl methyl sites for hydroxylation is 1. The van der Waals surface area contributed by atoms with Crippen LogP contribution in [-0.4, -0.2) is 25.5 Å². The summed E-state index contributed by atoms with van der Waals surface area (Å²) in [6.07, 6.45) is 3.76. The predicted octanol–water partition coefficient (Wildman–Crippen LogP) is 1.97. The number of fused-ring (bicyclic) bond motifs is 1. The largest absolute Gasteiger partial charge is 0.493 e. The smallest absolute Gasteiger partial charge is 0.180 e. The van der Waals surface area contributed by atoms with Gasteiger partial charge in [-0.25, -0.2) is 0 Å². The molecule has 0 radical (unpaired) electrons. The molecule has 1 aromatic carbocycles. The lowest BCUT2D eigenvalue weighted by Crippen LogP contribution is -2.24. The zero-order chi connectivity index (χ0) is 12.1. The number of carbonyl (C=O) groups is 1. The first kappa shape index (κ1) is 11.9. The molecule has 1 aliphatic rings.